The predicted molar refractivity (Wildman–Crippen MR) is 69.9 cm³/mol. The van der Waals surface area contributed by atoms with Gasteiger partial charge >= 0.3 is 0 Å². The van der Waals surface area contributed by atoms with E-state index < -0.39 is 0 Å². The molecule has 0 atom stereocenters. The number of hydrogen-bond acceptors (Lipinski definition) is 3. The van der Waals surface area contributed by atoms with Crippen molar-refractivity contribution in [3.63, 3.8) is 0 Å². The molecule has 0 bridgehead atoms. The van der Waals surface area contributed by atoms with Crippen LogP contribution in [0.2, 0.25) is 0 Å². The fraction of sp³-hybridized carbons (Fsp3) is 0.0667. The minimum Gasteiger partial charge on any atom is -0.391 e. The van der Waals surface area contributed by atoms with Gasteiger partial charge in [0.2, 0.25) is 0 Å². The van der Waals surface area contributed by atoms with Crippen LogP contribution in [0.3, 0.4) is 0 Å². The number of nitriles is 1. The van der Waals surface area contributed by atoms with Crippen LogP contribution in [0.5, 0.6) is 0 Å². The minimum absolute atomic E-state index is 0.184. The summed E-state index contributed by atoms with van der Waals surface area (Å²) >= 11 is 0. The first kappa shape index (κ1) is 12.8. The maximum atomic E-state index is 12.9. The van der Waals surface area contributed by atoms with Crippen LogP contribution in [0.25, 0.3) is 0 Å². The van der Waals surface area contributed by atoms with Gasteiger partial charge in [0.1, 0.15) is 12.4 Å². The highest BCUT2D eigenvalue weighted by Crippen LogP contribution is 2.06. The first-order valence-corrected chi connectivity index (χ1v) is 5.68. The molecule has 2 rings (SSSR count). The molecule has 4 heteroatoms. The molecular formula is C15H11FN2O. The fourth-order valence-electron chi connectivity index (χ4n) is 1.54. The Morgan fingerprint density at radius 2 is 2.05 bits per heavy atom. The summed E-state index contributed by atoms with van der Waals surface area (Å²) in [7, 11) is 0. The number of rotatable bonds is 4. The van der Waals surface area contributed by atoms with Gasteiger partial charge in [-0.15, -0.1) is 0 Å². The molecule has 0 radical (unpaired) electrons. The van der Waals surface area contributed by atoms with Crippen molar-refractivity contribution in [3.05, 3.63) is 71.0 Å². The molecule has 19 heavy (non-hydrogen) atoms. The van der Waals surface area contributed by atoms with E-state index in [4.69, 9.17) is 10.1 Å². The molecule has 2 aromatic carbocycles. The van der Waals surface area contributed by atoms with Crippen LogP contribution >= 0.6 is 0 Å². The molecule has 0 saturated heterocycles. The van der Waals surface area contributed by atoms with Crippen molar-refractivity contribution in [3.8, 4) is 6.07 Å². The summed E-state index contributed by atoms with van der Waals surface area (Å²) in [6.45, 7) is 0.184. The van der Waals surface area contributed by atoms with E-state index in [1.54, 1.807) is 30.3 Å². The third-order valence-electron chi connectivity index (χ3n) is 2.47. The van der Waals surface area contributed by atoms with Gasteiger partial charge in [0.25, 0.3) is 0 Å². The van der Waals surface area contributed by atoms with Gasteiger partial charge in [0.05, 0.1) is 17.8 Å². The molecule has 0 fully saturated rings. The summed E-state index contributed by atoms with van der Waals surface area (Å²) in [5.41, 5.74) is 1.91. The van der Waals surface area contributed by atoms with Crippen molar-refractivity contribution < 1.29 is 9.23 Å². The Labute approximate surface area is 110 Å². The maximum Gasteiger partial charge on any atom is 0.142 e. The average Bonchev–Trinajstić information content (AvgIpc) is 2.44. The fourth-order valence-corrected chi connectivity index (χ4v) is 1.54. The van der Waals surface area contributed by atoms with E-state index in [1.807, 2.05) is 6.07 Å². The largest absolute Gasteiger partial charge is 0.391 e. The zero-order valence-corrected chi connectivity index (χ0v) is 10.1. The van der Waals surface area contributed by atoms with Gasteiger partial charge in [-0.1, -0.05) is 35.5 Å². The van der Waals surface area contributed by atoms with Crippen LogP contribution in [-0.4, -0.2) is 6.21 Å². The molecule has 0 aromatic heterocycles. The molecule has 0 spiro atoms. The van der Waals surface area contributed by atoms with E-state index in [9.17, 15) is 4.39 Å². The molecule has 2 aromatic rings. The predicted octanol–water partition coefficient (Wildman–Crippen LogP) is 3.25. The minimum atomic E-state index is -0.306. The topological polar surface area (TPSA) is 45.4 Å². The Morgan fingerprint density at radius 1 is 1.21 bits per heavy atom. The Bertz CT molecular complexity index is 632. The SMILES string of the molecule is N#Cc1ccccc1C=NOCc1cccc(F)c1. The molecule has 0 aliphatic carbocycles. The summed E-state index contributed by atoms with van der Waals surface area (Å²) < 4.78 is 12.9. The zero-order valence-electron chi connectivity index (χ0n) is 10.1. The van der Waals surface area contributed by atoms with Crippen molar-refractivity contribution in [2.24, 2.45) is 5.16 Å². The summed E-state index contributed by atoms with van der Waals surface area (Å²) in [5.74, 6) is -0.306. The highest BCUT2D eigenvalue weighted by Gasteiger charge is 1.97. The lowest BCUT2D eigenvalue weighted by atomic mass is 10.1. The van der Waals surface area contributed by atoms with Gasteiger partial charge in [-0.25, -0.2) is 4.39 Å². The average molecular weight is 254 g/mol. The van der Waals surface area contributed by atoms with Gasteiger partial charge in [-0.05, 0) is 23.8 Å². The molecule has 0 heterocycles. The Morgan fingerprint density at radius 3 is 2.84 bits per heavy atom. The monoisotopic (exact) mass is 254 g/mol. The van der Waals surface area contributed by atoms with Gasteiger partial charge in [-0.3, -0.25) is 0 Å². The smallest absolute Gasteiger partial charge is 0.142 e. The van der Waals surface area contributed by atoms with Crippen molar-refractivity contribution in [2.45, 2.75) is 6.61 Å². The number of hydrogen-bond donors (Lipinski definition) is 0. The molecule has 0 amide bonds. The van der Waals surface area contributed by atoms with Crippen LogP contribution in [0, 0.1) is 17.1 Å². The molecule has 3 nitrogen and oxygen atoms in total. The number of oxime groups is 1. The Kier molecular flexibility index (Phi) is 4.25. The van der Waals surface area contributed by atoms with Crippen molar-refractivity contribution in [2.75, 3.05) is 0 Å². The zero-order chi connectivity index (χ0) is 13.5. The number of benzene rings is 2. The molecular weight excluding hydrogens is 243 g/mol. The Hall–Kier alpha value is -2.67. The normalized spacial score (nSPS) is 10.3. The molecule has 0 unspecified atom stereocenters. The summed E-state index contributed by atoms with van der Waals surface area (Å²) in [5, 5.41) is 12.7. The van der Waals surface area contributed by atoms with Crippen molar-refractivity contribution in [1.29, 1.82) is 5.26 Å². The van der Waals surface area contributed by atoms with Crippen LogP contribution in [0.4, 0.5) is 4.39 Å². The van der Waals surface area contributed by atoms with Gasteiger partial charge in [0, 0.05) is 5.56 Å². The van der Waals surface area contributed by atoms with Crippen LogP contribution in [0.1, 0.15) is 16.7 Å². The second-order valence-corrected chi connectivity index (χ2v) is 3.84. The number of nitrogens with zero attached hydrogens (tertiary/aromatic N) is 2. The standard InChI is InChI=1S/C15H11FN2O/c16-15-7-3-4-12(8-15)11-19-18-10-14-6-2-1-5-13(14)9-17/h1-8,10H,11H2. The van der Waals surface area contributed by atoms with Gasteiger partial charge < -0.3 is 4.84 Å². The quantitative estimate of drug-likeness (QED) is 0.621. The van der Waals surface area contributed by atoms with Crippen molar-refractivity contribution >= 4 is 6.21 Å². The Balaban J connectivity index is 1.96. The van der Waals surface area contributed by atoms with Crippen LogP contribution in [0.15, 0.2) is 53.7 Å². The highest BCUT2D eigenvalue weighted by atomic mass is 19.1. The molecule has 0 aliphatic heterocycles. The summed E-state index contributed by atoms with van der Waals surface area (Å²) in [6, 6.07) is 15.3. The lowest BCUT2D eigenvalue weighted by Crippen LogP contribution is -1.91. The first-order valence-electron chi connectivity index (χ1n) is 5.68. The first-order chi connectivity index (χ1) is 9.29. The van der Waals surface area contributed by atoms with Crippen LogP contribution in [-0.2, 0) is 11.4 Å². The maximum absolute atomic E-state index is 12.9. The summed E-state index contributed by atoms with van der Waals surface area (Å²) in [6.07, 6.45) is 1.47. The lowest BCUT2D eigenvalue weighted by Gasteiger charge is -2.00. The third kappa shape index (κ3) is 3.65. The second kappa shape index (κ2) is 6.31. The van der Waals surface area contributed by atoms with Gasteiger partial charge in [-0.2, -0.15) is 5.26 Å². The molecule has 0 saturated carbocycles. The van der Waals surface area contributed by atoms with E-state index in [1.165, 1.54) is 18.3 Å². The van der Waals surface area contributed by atoms with E-state index in [2.05, 4.69) is 11.2 Å². The highest BCUT2D eigenvalue weighted by molar-refractivity contribution is 5.82. The molecule has 0 aliphatic rings. The number of halogens is 1. The third-order valence-corrected chi connectivity index (χ3v) is 2.47. The van der Waals surface area contributed by atoms with E-state index in [-0.39, 0.29) is 12.4 Å². The summed E-state index contributed by atoms with van der Waals surface area (Å²) in [4.78, 5) is 5.07. The van der Waals surface area contributed by atoms with Gasteiger partial charge in [0.15, 0.2) is 0 Å². The molecule has 94 valence electrons. The van der Waals surface area contributed by atoms with E-state index in [0.29, 0.717) is 16.7 Å². The lowest BCUT2D eigenvalue weighted by molar-refractivity contribution is 0.132. The second-order valence-electron chi connectivity index (χ2n) is 3.84. The van der Waals surface area contributed by atoms with E-state index in [0.717, 1.165) is 0 Å². The van der Waals surface area contributed by atoms with Crippen molar-refractivity contribution in [1.82, 2.24) is 0 Å². The van der Waals surface area contributed by atoms with Crippen LogP contribution < -0.4 is 0 Å². The van der Waals surface area contributed by atoms with E-state index >= 15 is 0 Å². The molecule has 0 N–H and O–H groups in total.